The molecule has 0 radical (unpaired) electrons. The van der Waals surface area contributed by atoms with Crippen molar-refractivity contribution in [3.8, 4) is 0 Å². The molecule has 21 heavy (non-hydrogen) atoms. The minimum Gasteiger partial charge on any atom is -0.478 e. The van der Waals surface area contributed by atoms with Gasteiger partial charge < -0.3 is 9.47 Å². The predicted octanol–water partition coefficient (Wildman–Crippen LogP) is 3.88. The van der Waals surface area contributed by atoms with Crippen molar-refractivity contribution in [2.24, 2.45) is 0 Å². The highest BCUT2D eigenvalue weighted by molar-refractivity contribution is 7.80. The Morgan fingerprint density at radius 1 is 1.10 bits per heavy atom. The summed E-state index contributed by atoms with van der Waals surface area (Å²) in [6.07, 6.45) is 1.27. The van der Waals surface area contributed by atoms with Gasteiger partial charge in [-0.1, -0.05) is 26.0 Å². The second kappa shape index (κ2) is 6.67. The predicted molar refractivity (Wildman–Crippen MR) is 86.5 cm³/mol. The van der Waals surface area contributed by atoms with Crippen LogP contribution in [0.4, 0.5) is 0 Å². The van der Waals surface area contributed by atoms with Gasteiger partial charge in [0, 0.05) is 28.9 Å². The van der Waals surface area contributed by atoms with Crippen LogP contribution in [0.1, 0.15) is 39.2 Å². The maximum absolute atomic E-state index is 12.5. The molecule has 2 aliphatic heterocycles. The van der Waals surface area contributed by atoms with E-state index in [1.807, 2.05) is 45.0 Å². The van der Waals surface area contributed by atoms with Crippen LogP contribution in [0, 0.1) is 0 Å². The Hall–Kier alpha value is -1.26. The Morgan fingerprint density at radius 3 is 2.24 bits per heavy atom. The van der Waals surface area contributed by atoms with E-state index in [1.54, 1.807) is 0 Å². The molecular formula is C17H22O3S. The molecule has 4 heteroatoms. The van der Waals surface area contributed by atoms with Gasteiger partial charge in [-0.05, 0) is 19.1 Å². The van der Waals surface area contributed by atoms with Gasteiger partial charge >= 0.3 is 0 Å². The van der Waals surface area contributed by atoms with Crippen LogP contribution in [-0.2, 0) is 14.3 Å². The lowest BCUT2D eigenvalue weighted by molar-refractivity contribution is -0.137. The highest BCUT2D eigenvalue weighted by Gasteiger charge is 2.48. The monoisotopic (exact) mass is 306 g/mol. The number of hydrogen-bond donors (Lipinski definition) is 1. The normalized spacial score (nSPS) is 20.1. The van der Waals surface area contributed by atoms with Crippen molar-refractivity contribution in [3.05, 3.63) is 35.4 Å². The molecule has 1 aromatic carbocycles. The van der Waals surface area contributed by atoms with Gasteiger partial charge in [-0.25, -0.2) is 0 Å². The van der Waals surface area contributed by atoms with Crippen molar-refractivity contribution < 1.29 is 14.3 Å². The van der Waals surface area contributed by atoms with E-state index in [9.17, 15) is 4.79 Å². The van der Waals surface area contributed by atoms with E-state index in [1.165, 1.54) is 0 Å². The van der Waals surface area contributed by atoms with Crippen LogP contribution in [0.25, 0.3) is 5.76 Å². The maximum Gasteiger partial charge on any atom is 0.205 e. The number of thiol groups is 1. The van der Waals surface area contributed by atoms with Crippen LogP contribution in [0.15, 0.2) is 34.7 Å². The molecule has 2 heterocycles. The van der Waals surface area contributed by atoms with Crippen LogP contribution >= 0.6 is 12.6 Å². The van der Waals surface area contributed by atoms with E-state index in [2.05, 4.69) is 12.6 Å². The molecule has 1 aromatic rings. The zero-order valence-electron chi connectivity index (χ0n) is 12.8. The fourth-order valence-corrected chi connectivity index (χ4v) is 2.83. The molecule has 0 bridgehead atoms. The summed E-state index contributed by atoms with van der Waals surface area (Å²) in [4.78, 5) is 13.4. The molecular weight excluding hydrogens is 284 g/mol. The third-order valence-electron chi connectivity index (χ3n) is 3.82. The summed E-state index contributed by atoms with van der Waals surface area (Å²) in [5.74, 6) is 0.820. The molecule has 1 spiro atoms. The fraction of sp³-hybridized carbons (Fsp3) is 0.471. The first-order valence-corrected chi connectivity index (χ1v) is 7.89. The number of benzene rings is 1. The summed E-state index contributed by atoms with van der Waals surface area (Å²) in [6.45, 7) is 7.01. The highest BCUT2D eigenvalue weighted by atomic mass is 32.1. The third-order valence-corrected chi connectivity index (χ3v) is 4.12. The molecule has 1 saturated heterocycles. The average Bonchev–Trinajstić information content (AvgIpc) is 2.76. The molecule has 0 saturated carbocycles. The van der Waals surface area contributed by atoms with Gasteiger partial charge in [-0.2, -0.15) is 0 Å². The second-order valence-electron chi connectivity index (χ2n) is 5.04. The van der Waals surface area contributed by atoms with Gasteiger partial charge in [-0.15, -0.1) is 12.6 Å². The molecule has 3 nitrogen and oxygen atoms in total. The molecule has 2 aliphatic rings. The van der Waals surface area contributed by atoms with Crippen LogP contribution in [0.2, 0.25) is 0 Å². The molecule has 0 atom stereocenters. The van der Waals surface area contributed by atoms with Gasteiger partial charge in [0.2, 0.25) is 5.78 Å². The minimum atomic E-state index is -0.683. The lowest BCUT2D eigenvalue weighted by atomic mass is 9.88. The summed E-state index contributed by atoms with van der Waals surface area (Å²) < 4.78 is 11.4. The van der Waals surface area contributed by atoms with E-state index in [0.29, 0.717) is 37.4 Å². The average molecular weight is 306 g/mol. The standard InChI is InChI=1S/C15H16O3S.C2H6/c1-10-13(11-2-4-12(19)5-3-11)18-15(14(10)16)6-8-17-9-7-15;1-2/h2-5,19H,6-9H2,1H3;1-2H3. The van der Waals surface area contributed by atoms with E-state index < -0.39 is 5.60 Å². The summed E-state index contributed by atoms with van der Waals surface area (Å²) in [5, 5.41) is 0. The number of hydrogen-bond acceptors (Lipinski definition) is 4. The maximum atomic E-state index is 12.5. The van der Waals surface area contributed by atoms with E-state index >= 15 is 0 Å². The number of carbonyl (C=O) groups is 1. The van der Waals surface area contributed by atoms with Gasteiger partial charge in [0.25, 0.3) is 0 Å². The zero-order valence-corrected chi connectivity index (χ0v) is 13.7. The second-order valence-corrected chi connectivity index (χ2v) is 5.56. The number of carbonyl (C=O) groups excluding carboxylic acids is 1. The van der Waals surface area contributed by atoms with Crippen LogP contribution in [0.5, 0.6) is 0 Å². The first-order valence-electron chi connectivity index (χ1n) is 7.44. The Kier molecular flexibility index (Phi) is 5.12. The summed E-state index contributed by atoms with van der Waals surface area (Å²) in [7, 11) is 0. The fourth-order valence-electron chi connectivity index (χ4n) is 2.68. The van der Waals surface area contributed by atoms with Crippen molar-refractivity contribution >= 4 is 24.2 Å². The number of ether oxygens (including phenoxy) is 2. The SMILES string of the molecule is CC.CC1=C(c2ccc(S)cc2)OC2(CCOCC2)C1=O. The smallest absolute Gasteiger partial charge is 0.205 e. The Bertz CT molecular complexity index is 540. The summed E-state index contributed by atoms with van der Waals surface area (Å²) >= 11 is 4.27. The van der Waals surface area contributed by atoms with Gasteiger partial charge in [0.1, 0.15) is 5.76 Å². The van der Waals surface area contributed by atoms with Gasteiger partial charge in [0.05, 0.1) is 13.2 Å². The Labute approximate surface area is 131 Å². The molecule has 114 valence electrons. The summed E-state index contributed by atoms with van der Waals surface area (Å²) in [5.41, 5.74) is 0.970. The first-order chi connectivity index (χ1) is 10.1. The highest BCUT2D eigenvalue weighted by Crippen LogP contribution is 2.41. The molecule has 0 aromatic heterocycles. The van der Waals surface area contributed by atoms with Crippen LogP contribution < -0.4 is 0 Å². The quantitative estimate of drug-likeness (QED) is 0.800. The van der Waals surface area contributed by atoms with Crippen molar-refractivity contribution in [3.63, 3.8) is 0 Å². The van der Waals surface area contributed by atoms with Crippen molar-refractivity contribution in [2.75, 3.05) is 13.2 Å². The molecule has 0 amide bonds. The van der Waals surface area contributed by atoms with Crippen molar-refractivity contribution in [2.45, 2.75) is 44.1 Å². The molecule has 0 aliphatic carbocycles. The molecule has 3 rings (SSSR count). The zero-order chi connectivity index (χ0) is 15.5. The summed E-state index contributed by atoms with van der Waals surface area (Å²) in [6, 6.07) is 7.68. The van der Waals surface area contributed by atoms with Gasteiger partial charge in [-0.3, -0.25) is 4.79 Å². The number of Topliss-reactive ketones (excluding diaryl/α,β-unsaturated/α-hetero) is 1. The van der Waals surface area contributed by atoms with Crippen LogP contribution in [0.3, 0.4) is 0 Å². The minimum absolute atomic E-state index is 0.112. The van der Waals surface area contributed by atoms with E-state index in [4.69, 9.17) is 9.47 Å². The van der Waals surface area contributed by atoms with E-state index in [-0.39, 0.29) is 5.78 Å². The Morgan fingerprint density at radius 2 is 1.67 bits per heavy atom. The van der Waals surface area contributed by atoms with Crippen molar-refractivity contribution in [1.82, 2.24) is 0 Å². The third kappa shape index (κ3) is 3.01. The van der Waals surface area contributed by atoms with E-state index in [0.717, 1.165) is 10.5 Å². The molecule has 1 fully saturated rings. The van der Waals surface area contributed by atoms with Crippen LogP contribution in [-0.4, -0.2) is 24.6 Å². The lowest BCUT2D eigenvalue weighted by Gasteiger charge is -2.32. The largest absolute Gasteiger partial charge is 0.478 e. The Balaban J connectivity index is 0.000000774. The topological polar surface area (TPSA) is 35.5 Å². The number of ketones is 1. The first kappa shape index (κ1) is 16.1. The van der Waals surface area contributed by atoms with Gasteiger partial charge in [0.15, 0.2) is 5.60 Å². The number of rotatable bonds is 1. The lowest BCUT2D eigenvalue weighted by Crippen LogP contribution is -2.42. The molecule has 0 N–H and O–H groups in total. The molecule has 0 unspecified atom stereocenters. The van der Waals surface area contributed by atoms with Crippen molar-refractivity contribution in [1.29, 1.82) is 0 Å².